The zero-order valence-corrected chi connectivity index (χ0v) is 6.95. The summed E-state index contributed by atoms with van der Waals surface area (Å²) in [4.78, 5) is 23.8. The summed E-state index contributed by atoms with van der Waals surface area (Å²) in [6.07, 6.45) is 0. The first kappa shape index (κ1) is 13.2. The summed E-state index contributed by atoms with van der Waals surface area (Å²) in [6, 6.07) is 0. The molecule has 0 bridgehead atoms. The van der Waals surface area contributed by atoms with E-state index in [1.165, 1.54) is 0 Å². The van der Waals surface area contributed by atoms with Crippen LogP contribution in [-0.4, -0.2) is 30.1 Å². The molecular formula is C4H8AgN2O4. The molecule has 0 fully saturated rings. The van der Waals surface area contributed by atoms with E-state index in [2.05, 4.69) is 10.3 Å². The Balaban J connectivity index is 0. The zero-order valence-electron chi connectivity index (χ0n) is 5.47. The van der Waals surface area contributed by atoms with Gasteiger partial charge in [-0.2, -0.15) is 5.48 Å². The molecule has 0 spiro atoms. The molecule has 1 radical (unpaired) electrons. The average molecular weight is 256 g/mol. The predicted octanol–water partition coefficient (Wildman–Crippen LogP) is -1.92. The van der Waals surface area contributed by atoms with Gasteiger partial charge in [0, 0.05) is 35.5 Å². The van der Waals surface area contributed by atoms with E-state index in [9.17, 15) is 9.59 Å². The topological polar surface area (TPSA) is 102 Å². The van der Waals surface area contributed by atoms with Crippen LogP contribution in [0.25, 0.3) is 0 Å². The first-order valence-electron chi connectivity index (χ1n) is 2.55. The van der Waals surface area contributed by atoms with Crippen molar-refractivity contribution in [3.63, 3.8) is 0 Å². The van der Waals surface area contributed by atoms with E-state index in [1.54, 1.807) is 0 Å². The third-order valence-corrected chi connectivity index (χ3v) is 0.586. The number of nitrogens with one attached hydrogen (secondary N) is 1. The number of rotatable bonds is 3. The number of nitrogens with two attached hydrogens (primary N) is 1. The number of carboxylic acid groups (broad SMARTS) is 1. The van der Waals surface area contributed by atoms with E-state index < -0.39 is 11.9 Å². The van der Waals surface area contributed by atoms with E-state index in [-0.39, 0.29) is 35.5 Å². The standard InChI is InChI=1S/C4H8N2O4.Ag/c5-1-2-6-10-4(9)3(7)8;/h6H,1-2,5H2,(H,7,8);. The Bertz CT molecular complexity index is 140. The van der Waals surface area contributed by atoms with Gasteiger partial charge in [-0.05, 0) is 0 Å². The molecule has 0 saturated carbocycles. The van der Waals surface area contributed by atoms with E-state index in [1.807, 2.05) is 0 Å². The van der Waals surface area contributed by atoms with Crippen LogP contribution < -0.4 is 11.2 Å². The Morgan fingerprint density at radius 1 is 1.55 bits per heavy atom. The van der Waals surface area contributed by atoms with Gasteiger partial charge in [-0.15, -0.1) is 0 Å². The van der Waals surface area contributed by atoms with Gasteiger partial charge in [0.2, 0.25) is 0 Å². The van der Waals surface area contributed by atoms with Crippen LogP contribution in [0.2, 0.25) is 0 Å². The van der Waals surface area contributed by atoms with Crippen molar-refractivity contribution in [3.8, 4) is 0 Å². The molecule has 0 heterocycles. The molecule has 0 aliphatic carbocycles. The molecule has 0 unspecified atom stereocenters. The number of hydroxylamine groups is 1. The van der Waals surface area contributed by atoms with Crippen molar-refractivity contribution in [2.75, 3.05) is 13.1 Å². The van der Waals surface area contributed by atoms with Gasteiger partial charge in [-0.25, -0.2) is 9.59 Å². The van der Waals surface area contributed by atoms with Gasteiger partial charge < -0.3 is 15.7 Å². The molecular weight excluding hydrogens is 248 g/mol. The van der Waals surface area contributed by atoms with Crippen molar-refractivity contribution in [3.05, 3.63) is 0 Å². The molecule has 4 N–H and O–H groups in total. The Kier molecular flexibility index (Phi) is 9.25. The number of carbonyl (C=O) groups is 2. The van der Waals surface area contributed by atoms with Crippen molar-refractivity contribution < 1.29 is 41.9 Å². The maximum Gasteiger partial charge on any atom is 0.435 e. The van der Waals surface area contributed by atoms with Crippen LogP contribution in [0.5, 0.6) is 0 Å². The van der Waals surface area contributed by atoms with Gasteiger partial charge in [0.15, 0.2) is 0 Å². The number of hydrogen-bond donors (Lipinski definition) is 3. The van der Waals surface area contributed by atoms with Crippen molar-refractivity contribution in [2.24, 2.45) is 5.73 Å². The molecule has 69 valence electrons. The summed E-state index contributed by atoms with van der Waals surface area (Å²) in [5.74, 6) is -2.97. The van der Waals surface area contributed by atoms with Gasteiger partial charge in [0.25, 0.3) is 0 Å². The monoisotopic (exact) mass is 255 g/mol. The van der Waals surface area contributed by atoms with Crippen LogP contribution in [0, 0.1) is 0 Å². The molecule has 6 nitrogen and oxygen atoms in total. The molecule has 0 atom stereocenters. The molecule has 0 aliphatic rings. The quantitative estimate of drug-likeness (QED) is 0.235. The smallest absolute Gasteiger partial charge is 0.435 e. The molecule has 0 aliphatic heterocycles. The maximum atomic E-state index is 10.1. The number of aliphatic carboxylic acids is 1. The summed E-state index contributed by atoms with van der Waals surface area (Å²) in [5, 5.41) is 7.94. The largest absolute Gasteiger partial charge is 0.473 e. The normalized spacial score (nSPS) is 8.09. The molecule has 0 aromatic rings. The molecule has 0 aromatic heterocycles. The van der Waals surface area contributed by atoms with Gasteiger partial charge >= 0.3 is 11.9 Å². The van der Waals surface area contributed by atoms with Crippen LogP contribution >= 0.6 is 0 Å². The van der Waals surface area contributed by atoms with Gasteiger partial charge in [-0.3, -0.25) is 0 Å². The first-order chi connectivity index (χ1) is 4.68. The summed E-state index contributed by atoms with van der Waals surface area (Å²) in [7, 11) is 0. The van der Waals surface area contributed by atoms with Crippen LogP contribution in [0.4, 0.5) is 0 Å². The van der Waals surface area contributed by atoms with E-state index in [4.69, 9.17) is 10.8 Å². The molecule has 7 heteroatoms. The second-order valence-corrected chi connectivity index (χ2v) is 1.38. The fourth-order valence-corrected chi connectivity index (χ4v) is 0.219. The van der Waals surface area contributed by atoms with Crippen LogP contribution in [-0.2, 0) is 36.8 Å². The number of carboxylic acids is 1. The Hall–Kier alpha value is -0.400. The van der Waals surface area contributed by atoms with Crippen molar-refractivity contribution >= 4 is 11.9 Å². The predicted molar refractivity (Wildman–Crippen MR) is 30.8 cm³/mol. The maximum absolute atomic E-state index is 10.1. The Morgan fingerprint density at radius 2 is 2.09 bits per heavy atom. The summed E-state index contributed by atoms with van der Waals surface area (Å²) >= 11 is 0. The van der Waals surface area contributed by atoms with Crippen LogP contribution in [0.1, 0.15) is 0 Å². The van der Waals surface area contributed by atoms with E-state index in [0.717, 1.165) is 0 Å². The molecule has 0 rings (SSSR count). The molecule has 11 heavy (non-hydrogen) atoms. The summed E-state index contributed by atoms with van der Waals surface area (Å²) < 4.78 is 0. The second-order valence-electron chi connectivity index (χ2n) is 1.38. The fourth-order valence-electron chi connectivity index (χ4n) is 0.219. The Morgan fingerprint density at radius 3 is 2.45 bits per heavy atom. The van der Waals surface area contributed by atoms with E-state index in [0.29, 0.717) is 0 Å². The number of hydrogen-bond acceptors (Lipinski definition) is 5. The van der Waals surface area contributed by atoms with Gasteiger partial charge in [-0.1, -0.05) is 0 Å². The number of carbonyl (C=O) groups excluding carboxylic acids is 1. The first-order valence-corrected chi connectivity index (χ1v) is 2.55. The minimum Gasteiger partial charge on any atom is -0.473 e. The third kappa shape index (κ3) is 7.50. The SMILES string of the molecule is NCCNOC(=O)C(=O)O.[Ag]. The van der Waals surface area contributed by atoms with Crippen molar-refractivity contribution in [1.29, 1.82) is 0 Å². The summed E-state index contributed by atoms with van der Waals surface area (Å²) in [6.45, 7) is 0.506. The van der Waals surface area contributed by atoms with Gasteiger partial charge in [0.05, 0.1) is 0 Å². The van der Waals surface area contributed by atoms with Crippen LogP contribution in [0.3, 0.4) is 0 Å². The van der Waals surface area contributed by atoms with Crippen molar-refractivity contribution in [1.82, 2.24) is 5.48 Å². The third-order valence-electron chi connectivity index (χ3n) is 0.586. The van der Waals surface area contributed by atoms with Crippen LogP contribution in [0.15, 0.2) is 0 Å². The molecule has 0 amide bonds. The van der Waals surface area contributed by atoms with Gasteiger partial charge in [0.1, 0.15) is 0 Å². The van der Waals surface area contributed by atoms with Crippen molar-refractivity contribution in [2.45, 2.75) is 0 Å². The molecule has 0 aromatic carbocycles. The molecule has 0 saturated heterocycles. The second kappa shape index (κ2) is 7.70. The Labute approximate surface area is 78.5 Å². The van der Waals surface area contributed by atoms with E-state index >= 15 is 0 Å². The fraction of sp³-hybridized carbons (Fsp3) is 0.500. The average Bonchev–Trinajstić information content (AvgIpc) is 1.88. The zero-order chi connectivity index (χ0) is 7.98. The minimum absolute atomic E-state index is 0. The summed E-state index contributed by atoms with van der Waals surface area (Å²) in [5.41, 5.74) is 7.05. The minimum atomic E-state index is -1.63.